The third-order valence-corrected chi connectivity index (χ3v) is 6.76. The lowest BCUT2D eigenvalue weighted by Crippen LogP contribution is -2.42. The van der Waals surface area contributed by atoms with E-state index in [1.54, 1.807) is 29.6 Å². The summed E-state index contributed by atoms with van der Waals surface area (Å²) in [6.07, 6.45) is 1.29. The van der Waals surface area contributed by atoms with Crippen molar-refractivity contribution in [1.29, 1.82) is 0 Å². The molecule has 0 bridgehead atoms. The quantitative estimate of drug-likeness (QED) is 0.363. The van der Waals surface area contributed by atoms with Gasteiger partial charge in [0, 0.05) is 16.9 Å². The number of alkyl halides is 1. The fraction of sp³-hybridized carbons (Fsp3) is 0.409. The molecular formula is C22H23IN6O4. The maximum atomic E-state index is 12.8. The second kappa shape index (κ2) is 8.86. The lowest BCUT2D eigenvalue weighted by Gasteiger charge is -2.24. The van der Waals surface area contributed by atoms with E-state index < -0.39 is 12.3 Å². The van der Waals surface area contributed by atoms with E-state index in [-0.39, 0.29) is 30.1 Å². The van der Waals surface area contributed by atoms with E-state index in [1.165, 1.54) is 6.33 Å². The molecule has 0 aliphatic carbocycles. The van der Waals surface area contributed by atoms with Gasteiger partial charge in [-0.05, 0) is 5.56 Å². The second-order valence-corrected chi connectivity index (χ2v) is 9.24. The highest BCUT2D eigenvalue weighted by Gasteiger charge is 2.56. The van der Waals surface area contributed by atoms with Gasteiger partial charge in [0.25, 0.3) is 0 Å². The van der Waals surface area contributed by atoms with Gasteiger partial charge >= 0.3 is 6.09 Å². The maximum absolute atomic E-state index is 12.8. The molecule has 11 heteroatoms. The number of carbonyl (C=O) groups is 2. The molecule has 2 saturated heterocycles. The van der Waals surface area contributed by atoms with E-state index in [9.17, 15) is 9.59 Å². The molecule has 0 spiro atoms. The van der Waals surface area contributed by atoms with Crippen LogP contribution >= 0.6 is 22.6 Å². The number of carbonyl (C=O) groups excluding carboxylic acids is 2. The average Bonchev–Trinajstić information content (AvgIpc) is 3.48. The van der Waals surface area contributed by atoms with Gasteiger partial charge in [-0.15, -0.1) is 0 Å². The van der Waals surface area contributed by atoms with Crippen molar-refractivity contribution in [3.63, 3.8) is 0 Å². The van der Waals surface area contributed by atoms with Gasteiger partial charge in [-0.25, -0.2) is 19.7 Å². The number of ether oxygens (including phenoxy) is 2. The molecule has 0 saturated carbocycles. The first kappa shape index (κ1) is 22.0. The summed E-state index contributed by atoms with van der Waals surface area (Å²) in [6, 6.07) is 9.58. The van der Waals surface area contributed by atoms with E-state index in [0.29, 0.717) is 28.0 Å². The number of halogens is 1. The summed E-state index contributed by atoms with van der Waals surface area (Å²) in [7, 11) is 0. The monoisotopic (exact) mass is 562 g/mol. The van der Waals surface area contributed by atoms with Crippen molar-refractivity contribution in [2.24, 2.45) is 5.92 Å². The van der Waals surface area contributed by atoms with Crippen LogP contribution in [0.2, 0.25) is 0 Å². The van der Waals surface area contributed by atoms with Crippen molar-refractivity contribution in [3.05, 3.63) is 48.5 Å². The third kappa shape index (κ3) is 3.92. The van der Waals surface area contributed by atoms with Gasteiger partial charge in [-0.2, -0.15) is 0 Å². The number of hydrogen-bond acceptors (Lipinski definition) is 7. The Morgan fingerprint density at radius 1 is 1.21 bits per heavy atom. The van der Waals surface area contributed by atoms with Gasteiger partial charge in [-0.1, -0.05) is 66.8 Å². The maximum Gasteiger partial charge on any atom is 0.411 e. The Morgan fingerprint density at radius 2 is 2.00 bits per heavy atom. The molecule has 0 radical (unpaired) electrons. The summed E-state index contributed by atoms with van der Waals surface area (Å²) < 4.78 is 14.6. The van der Waals surface area contributed by atoms with Crippen LogP contribution in [-0.2, 0) is 20.8 Å². The van der Waals surface area contributed by atoms with E-state index in [2.05, 4.69) is 42.9 Å². The molecule has 33 heavy (non-hydrogen) atoms. The molecule has 1 N–H and O–H groups in total. The highest BCUT2D eigenvalue weighted by molar-refractivity contribution is 14.1. The van der Waals surface area contributed by atoms with E-state index >= 15 is 0 Å². The first-order chi connectivity index (χ1) is 16.0. The molecule has 10 nitrogen and oxygen atoms in total. The molecular weight excluding hydrogens is 539 g/mol. The molecule has 2 aromatic heterocycles. The van der Waals surface area contributed by atoms with Crippen molar-refractivity contribution >= 4 is 51.6 Å². The molecule has 4 atom stereocenters. The van der Waals surface area contributed by atoms with Crippen LogP contribution in [0.1, 0.15) is 25.6 Å². The van der Waals surface area contributed by atoms with Gasteiger partial charge in [0.05, 0.1) is 12.4 Å². The first-order valence-electron chi connectivity index (χ1n) is 10.7. The summed E-state index contributed by atoms with van der Waals surface area (Å²) in [5.41, 5.74) is 1.98. The number of fused-ring (bicyclic) bond motifs is 2. The number of imidazole rings is 1. The van der Waals surface area contributed by atoms with Gasteiger partial charge in [0.2, 0.25) is 5.91 Å². The fourth-order valence-corrected chi connectivity index (χ4v) is 4.95. The fourth-order valence-electron chi connectivity index (χ4n) is 4.22. The molecule has 2 aliphatic rings. The minimum absolute atomic E-state index is 0.159. The number of nitrogens with zero attached hydrogens (tertiary/aromatic N) is 5. The first-order valence-corrected chi connectivity index (χ1v) is 12.2. The van der Waals surface area contributed by atoms with Crippen molar-refractivity contribution in [2.45, 2.75) is 44.9 Å². The lowest BCUT2D eigenvalue weighted by molar-refractivity contribution is -0.118. The number of amides is 2. The van der Waals surface area contributed by atoms with Crippen LogP contribution in [-0.4, -0.2) is 59.1 Å². The van der Waals surface area contributed by atoms with E-state index in [0.717, 1.165) is 5.56 Å². The summed E-state index contributed by atoms with van der Waals surface area (Å²) >= 11 is 2.27. The molecule has 2 fully saturated rings. The topological polar surface area (TPSA) is 111 Å². The molecule has 5 rings (SSSR count). The van der Waals surface area contributed by atoms with E-state index in [1.807, 2.05) is 30.3 Å². The van der Waals surface area contributed by atoms with Crippen molar-refractivity contribution in [3.8, 4) is 0 Å². The Labute approximate surface area is 203 Å². The number of nitrogens with one attached hydrogen (secondary N) is 1. The normalized spacial score (nSPS) is 24.4. The average molecular weight is 562 g/mol. The van der Waals surface area contributed by atoms with Crippen molar-refractivity contribution in [1.82, 2.24) is 24.4 Å². The third-order valence-electron chi connectivity index (χ3n) is 5.89. The molecule has 2 amide bonds. The Bertz CT molecular complexity index is 1190. The Hall–Kier alpha value is -2.80. The van der Waals surface area contributed by atoms with Gasteiger partial charge in [-0.3, -0.25) is 14.3 Å². The molecule has 1 aromatic carbocycles. The smallest absolute Gasteiger partial charge is 0.411 e. The zero-order chi connectivity index (χ0) is 23.1. The van der Waals surface area contributed by atoms with Crippen molar-refractivity contribution < 1.29 is 19.1 Å². The predicted octanol–water partition coefficient (Wildman–Crippen LogP) is 3.14. The number of anilines is 1. The van der Waals surface area contributed by atoms with Crippen LogP contribution in [0.5, 0.6) is 0 Å². The number of rotatable bonds is 6. The van der Waals surface area contributed by atoms with Crippen LogP contribution in [0, 0.1) is 5.92 Å². The SMILES string of the molecule is CC(C)C(=O)Nc1ncnc2c1ncn2[C@@H]1O[C@H](CI)[C@@H]2[C@H]1OC(=O)N2Cc1ccccc1. The Kier molecular flexibility index (Phi) is 5.91. The highest BCUT2D eigenvalue weighted by Crippen LogP contribution is 2.41. The standard InChI is InChI=1S/C22H23IN6O4/c1-12(2)20(30)27-18-15-19(25-10-24-18)29(11-26-15)21-17-16(14(8-23)32-21)28(22(31)33-17)9-13-6-4-3-5-7-13/h3-7,10-12,14,16-17,21H,8-9H2,1-2H3,(H,24,25,27,30)/t14-,16-,17-,21-/m1/s1. The lowest BCUT2D eigenvalue weighted by atomic mass is 10.1. The van der Waals surface area contributed by atoms with Gasteiger partial charge in [0.15, 0.2) is 29.3 Å². The second-order valence-electron chi connectivity index (χ2n) is 8.36. The minimum Gasteiger partial charge on any atom is -0.439 e. The van der Waals surface area contributed by atoms with Gasteiger partial charge < -0.3 is 14.8 Å². The van der Waals surface area contributed by atoms with E-state index in [4.69, 9.17) is 9.47 Å². The number of aromatic nitrogens is 4. The van der Waals surface area contributed by atoms with Crippen LogP contribution in [0.4, 0.5) is 10.6 Å². The van der Waals surface area contributed by atoms with Gasteiger partial charge in [0.1, 0.15) is 12.4 Å². The van der Waals surface area contributed by atoms with Crippen LogP contribution < -0.4 is 5.32 Å². The Balaban J connectivity index is 1.46. The summed E-state index contributed by atoms with van der Waals surface area (Å²) in [5.74, 6) is -0.0199. The number of hydrogen-bond donors (Lipinski definition) is 1. The number of benzene rings is 1. The molecule has 4 heterocycles. The largest absolute Gasteiger partial charge is 0.439 e. The molecule has 2 aliphatic heterocycles. The van der Waals surface area contributed by atoms with Crippen LogP contribution in [0.15, 0.2) is 43.0 Å². The zero-order valence-electron chi connectivity index (χ0n) is 18.1. The Morgan fingerprint density at radius 3 is 2.73 bits per heavy atom. The van der Waals surface area contributed by atoms with Crippen molar-refractivity contribution in [2.75, 3.05) is 9.74 Å². The van der Waals surface area contributed by atoms with Crippen LogP contribution in [0.25, 0.3) is 11.2 Å². The summed E-state index contributed by atoms with van der Waals surface area (Å²) in [5, 5.41) is 2.79. The molecule has 0 unspecified atom stereocenters. The summed E-state index contributed by atoms with van der Waals surface area (Å²) in [6.45, 7) is 4.06. The summed E-state index contributed by atoms with van der Waals surface area (Å²) in [4.78, 5) is 39.7. The zero-order valence-corrected chi connectivity index (χ0v) is 20.2. The molecule has 172 valence electrons. The highest BCUT2D eigenvalue weighted by atomic mass is 127. The van der Waals surface area contributed by atoms with Crippen LogP contribution in [0.3, 0.4) is 0 Å². The molecule has 3 aromatic rings. The predicted molar refractivity (Wildman–Crippen MR) is 128 cm³/mol. The minimum atomic E-state index is -0.590.